The van der Waals surface area contributed by atoms with E-state index in [2.05, 4.69) is 20.6 Å². The number of rotatable bonds is 7. The van der Waals surface area contributed by atoms with Gasteiger partial charge in [0, 0.05) is 29.4 Å². The topological polar surface area (TPSA) is 102 Å². The number of anilines is 3. The maximum atomic E-state index is 11.4. The van der Waals surface area contributed by atoms with Crippen LogP contribution in [-0.4, -0.2) is 35.2 Å². The number of nitrogens with zero attached hydrogens (tertiary/aromatic N) is 3. The minimum absolute atomic E-state index is 0.0308. The number of nitrogens with one attached hydrogen (secondary N) is 2. The van der Waals surface area contributed by atoms with E-state index in [1.54, 1.807) is 18.2 Å². The van der Waals surface area contributed by atoms with Crippen LogP contribution >= 0.6 is 23.2 Å². The third kappa shape index (κ3) is 4.65. The molecular formula is C13H13Cl2N5O3. The molecule has 0 spiro atoms. The van der Waals surface area contributed by atoms with Crippen LogP contribution in [0.4, 0.5) is 23.0 Å². The Bertz CT molecular complexity index is 694. The van der Waals surface area contributed by atoms with Crippen LogP contribution in [0.15, 0.2) is 24.5 Å². The van der Waals surface area contributed by atoms with Gasteiger partial charge in [-0.15, -0.1) is 0 Å². The van der Waals surface area contributed by atoms with E-state index in [-0.39, 0.29) is 17.3 Å². The van der Waals surface area contributed by atoms with Gasteiger partial charge in [0.1, 0.15) is 6.33 Å². The van der Waals surface area contributed by atoms with Gasteiger partial charge < -0.3 is 15.4 Å². The molecule has 2 N–H and O–H groups in total. The van der Waals surface area contributed by atoms with Crippen LogP contribution in [0.1, 0.15) is 0 Å². The first-order valence-corrected chi connectivity index (χ1v) is 7.22. The molecule has 23 heavy (non-hydrogen) atoms. The number of hydrogen-bond acceptors (Lipinski definition) is 7. The molecule has 0 amide bonds. The lowest BCUT2D eigenvalue weighted by Crippen LogP contribution is -2.12. The zero-order valence-electron chi connectivity index (χ0n) is 12.0. The number of aromatic nitrogens is 2. The normalized spacial score (nSPS) is 10.4. The van der Waals surface area contributed by atoms with Gasteiger partial charge in [0.2, 0.25) is 11.6 Å². The van der Waals surface area contributed by atoms with Crippen molar-refractivity contribution in [3.8, 4) is 0 Å². The Morgan fingerprint density at radius 3 is 2.48 bits per heavy atom. The molecule has 1 aromatic heterocycles. The van der Waals surface area contributed by atoms with Crippen molar-refractivity contribution >= 4 is 46.2 Å². The van der Waals surface area contributed by atoms with Crippen LogP contribution in [0, 0.1) is 10.1 Å². The van der Waals surface area contributed by atoms with Crippen molar-refractivity contribution in [3.63, 3.8) is 0 Å². The maximum absolute atomic E-state index is 11.4. The van der Waals surface area contributed by atoms with Crippen LogP contribution in [0.3, 0.4) is 0 Å². The standard InChI is InChI=1S/C13H13Cl2N5O3/c1-23-3-2-16-12-11(20(21)22)13(18-7-17-12)19-10-5-8(14)4-9(15)6-10/h4-7H,2-3H2,1H3,(H2,16,17,18,19). The molecule has 8 nitrogen and oxygen atoms in total. The van der Waals surface area contributed by atoms with Gasteiger partial charge in [-0.2, -0.15) is 0 Å². The summed E-state index contributed by atoms with van der Waals surface area (Å²) in [6.45, 7) is 0.755. The summed E-state index contributed by atoms with van der Waals surface area (Å²) in [6.07, 6.45) is 1.22. The highest BCUT2D eigenvalue weighted by Crippen LogP contribution is 2.32. The summed E-state index contributed by atoms with van der Waals surface area (Å²) in [5.74, 6) is 0.126. The van der Waals surface area contributed by atoms with Gasteiger partial charge in [0.15, 0.2) is 0 Å². The average Bonchev–Trinajstić information content (AvgIpc) is 2.46. The fourth-order valence-corrected chi connectivity index (χ4v) is 2.33. The molecule has 0 saturated heterocycles. The van der Waals surface area contributed by atoms with Crippen LogP contribution in [0.5, 0.6) is 0 Å². The van der Waals surface area contributed by atoms with E-state index in [1.165, 1.54) is 13.4 Å². The maximum Gasteiger partial charge on any atom is 0.353 e. The molecule has 0 unspecified atom stereocenters. The highest BCUT2D eigenvalue weighted by molar-refractivity contribution is 6.35. The van der Waals surface area contributed by atoms with E-state index in [4.69, 9.17) is 27.9 Å². The third-order valence-corrected chi connectivity index (χ3v) is 3.17. The number of halogens is 2. The van der Waals surface area contributed by atoms with E-state index in [0.29, 0.717) is 28.9 Å². The SMILES string of the molecule is COCCNc1ncnc(Nc2cc(Cl)cc(Cl)c2)c1[N+](=O)[O-]. The van der Waals surface area contributed by atoms with Gasteiger partial charge in [-0.3, -0.25) is 10.1 Å². The first-order chi connectivity index (χ1) is 11.0. The number of nitro groups is 1. The van der Waals surface area contributed by atoms with E-state index in [0.717, 1.165) is 0 Å². The van der Waals surface area contributed by atoms with Crippen molar-refractivity contribution < 1.29 is 9.66 Å². The van der Waals surface area contributed by atoms with Crippen LogP contribution in [0.2, 0.25) is 10.0 Å². The van der Waals surface area contributed by atoms with Crippen molar-refractivity contribution in [2.75, 3.05) is 30.9 Å². The van der Waals surface area contributed by atoms with Gasteiger partial charge in [0.25, 0.3) is 0 Å². The van der Waals surface area contributed by atoms with Gasteiger partial charge >= 0.3 is 5.69 Å². The zero-order chi connectivity index (χ0) is 16.8. The van der Waals surface area contributed by atoms with Crippen molar-refractivity contribution in [1.29, 1.82) is 0 Å². The molecule has 2 rings (SSSR count). The van der Waals surface area contributed by atoms with Crippen LogP contribution in [-0.2, 0) is 4.74 Å². The lowest BCUT2D eigenvalue weighted by molar-refractivity contribution is -0.383. The van der Waals surface area contributed by atoms with E-state index < -0.39 is 4.92 Å². The Labute approximate surface area is 141 Å². The van der Waals surface area contributed by atoms with Crippen LogP contribution < -0.4 is 10.6 Å². The average molecular weight is 358 g/mol. The summed E-state index contributed by atoms with van der Waals surface area (Å²) in [7, 11) is 1.53. The van der Waals surface area contributed by atoms with Crippen molar-refractivity contribution in [3.05, 3.63) is 44.7 Å². The predicted octanol–water partition coefficient (Wildman–Crippen LogP) is 3.49. The lowest BCUT2D eigenvalue weighted by Gasteiger charge is -2.10. The van der Waals surface area contributed by atoms with Crippen molar-refractivity contribution in [1.82, 2.24) is 9.97 Å². The molecule has 0 aliphatic rings. The van der Waals surface area contributed by atoms with E-state index in [1.807, 2.05) is 0 Å². The molecule has 2 aromatic rings. The van der Waals surface area contributed by atoms with Crippen LogP contribution in [0.25, 0.3) is 0 Å². The second-order valence-electron chi connectivity index (χ2n) is 4.38. The van der Waals surface area contributed by atoms with Crippen molar-refractivity contribution in [2.24, 2.45) is 0 Å². The molecule has 122 valence electrons. The Morgan fingerprint density at radius 2 is 1.87 bits per heavy atom. The monoisotopic (exact) mass is 357 g/mol. The number of benzene rings is 1. The van der Waals surface area contributed by atoms with Crippen molar-refractivity contribution in [2.45, 2.75) is 0 Å². The predicted molar refractivity (Wildman–Crippen MR) is 88.8 cm³/mol. The minimum atomic E-state index is -0.566. The van der Waals surface area contributed by atoms with E-state index >= 15 is 0 Å². The first kappa shape index (κ1) is 17.2. The molecule has 10 heteroatoms. The molecule has 0 aliphatic carbocycles. The fraction of sp³-hybridized carbons (Fsp3) is 0.231. The van der Waals surface area contributed by atoms with Gasteiger partial charge in [0.05, 0.1) is 11.5 Å². The number of hydrogen-bond donors (Lipinski definition) is 2. The Morgan fingerprint density at radius 1 is 1.22 bits per heavy atom. The molecule has 0 atom stereocenters. The highest BCUT2D eigenvalue weighted by atomic mass is 35.5. The molecule has 0 saturated carbocycles. The van der Waals surface area contributed by atoms with Gasteiger partial charge in [-0.1, -0.05) is 23.2 Å². The Kier molecular flexibility index (Phi) is 5.91. The minimum Gasteiger partial charge on any atom is -0.383 e. The molecule has 1 heterocycles. The van der Waals surface area contributed by atoms with E-state index in [9.17, 15) is 10.1 Å². The Hall–Kier alpha value is -2.16. The molecule has 0 fully saturated rings. The summed E-state index contributed by atoms with van der Waals surface area (Å²) in [6, 6.07) is 4.72. The second-order valence-corrected chi connectivity index (χ2v) is 5.25. The third-order valence-electron chi connectivity index (χ3n) is 2.73. The summed E-state index contributed by atoms with van der Waals surface area (Å²) >= 11 is 11.8. The highest BCUT2D eigenvalue weighted by Gasteiger charge is 2.23. The quantitative estimate of drug-likeness (QED) is 0.444. The summed E-state index contributed by atoms with van der Waals surface area (Å²) in [5, 5.41) is 17.8. The molecular weight excluding hydrogens is 345 g/mol. The summed E-state index contributed by atoms with van der Waals surface area (Å²) in [4.78, 5) is 18.6. The zero-order valence-corrected chi connectivity index (χ0v) is 13.6. The smallest absolute Gasteiger partial charge is 0.353 e. The summed E-state index contributed by atoms with van der Waals surface area (Å²) < 4.78 is 4.90. The lowest BCUT2D eigenvalue weighted by atomic mass is 10.3. The molecule has 0 radical (unpaired) electrons. The van der Waals surface area contributed by atoms with Gasteiger partial charge in [-0.25, -0.2) is 9.97 Å². The first-order valence-electron chi connectivity index (χ1n) is 6.46. The summed E-state index contributed by atoms with van der Waals surface area (Å²) in [5.41, 5.74) is 0.201. The molecule has 0 bridgehead atoms. The van der Waals surface area contributed by atoms with Gasteiger partial charge in [-0.05, 0) is 18.2 Å². The number of ether oxygens (including phenoxy) is 1. The largest absolute Gasteiger partial charge is 0.383 e. The Balaban J connectivity index is 2.33. The molecule has 1 aromatic carbocycles. The number of methoxy groups -OCH3 is 1. The molecule has 0 aliphatic heterocycles. The second kappa shape index (κ2) is 7.91. The fourth-order valence-electron chi connectivity index (χ4n) is 1.81.